The minimum atomic E-state index is 0.231. The van der Waals surface area contributed by atoms with Gasteiger partial charge in [-0.1, -0.05) is 37.6 Å². The summed E-state index contributed by atoms with van der Waals surface area (Å²) in [6.07, 6.45) is 5.08. The van der Waals surface area contributed by atoms with Gasteiger partial charge in [0.1, 0.15) is 5.82 Å². The van der Waals surface area contributed by atoms with E-state index in [0.717, 1.165) is 54.5 Å². The molecule has 5 heteroatoms. The maximum Gasteiger partial charge on any atom is 0.222 e. The highest BCUT2D eigenvalue weighted by Crippen LogP contribution is 2.27. The second-order valence-corrected chi connectivity index (χ2v) is 7.72. The van der Waals surface area contributed by atoms with E-state index in [2.05, 4.69) is 18.8 Å². The monoisotopic (exact) mass is 371 g/mol. The number of carbonyl (C=O) groups is 1. The van der Waals surface area contributed by atoms with Crippen molar-refractivity contribution in [1.82, 2.24) is 14.9 Å². The number of hydrogen-bond acceptors (Lipinski definition) is 3. The highest BCUT2D eigenvalue weighted by atomic mass is 35.5. The lowest BCUT2D eigenvalue weighted by atomic mass is 9.93. The molecule has 4 nitrogen and oxygen atoms in total. The third-order valence-electron chi connectivity index (χ3n) is 4.99. The molecule has 0 aliphatic carbocycles. The summed E-state index contributed by atoms with van der Waals surface area (Å²) in [6.45, 7) is 5.83. The second kappa shape index (κ2) is 8.63. The number of aromatic nitrogens is 2. The molecule has 0 bridgehead atoms. The average Bonchev–Trinajstić information content (AvgIpc) is 2.66. The number of amides is 1. The summed E-state index contributed by atoms with van der Waals surface area (Å²) in [5, 5.41) is 0.724. The van der Waals surface area contributed by atoms with Crippen LogP contribution < -0.4 is 0 Å². The molecule has 2 aromatic rings. The smallest absolute Gasteiger partial charge is 0.222 e. The summed E-state index contributed by atoms with van der Waals surface area (Å²) in [5.41, 5.74) is 2.23. The van der Waals surface area contributed by atoms with Gasteiger partial charge in [-0.25, -0.2) is 9.97 Å². The van der Waals surface area contributed by atoms with Gasteiger partial charge >= 0.3 is 0 Å². The topological polar surface area (TPSA) is 46.1 Å². The minimum Gasteiger partial charge on any atom is -0.343 e. The predicted molar refractivity (Wildman–Crippen MR) is 104 cm³/mol. The number of benzene rings is 1. The van der Waals surface area contributed by atoms with Crippen LogP contribution in [0.5, 0.6) is 0 Å². The molecule has 0 unspecified atom stereocenters. The van der Waals surface area contributed by atoms with E-state index in [1.165, 1.54) is 0 Å². The van der Waals surface area contributed by atoms with Crippen LogP contribution in [-0.2, 0) is 11.2 Å². The van der Waals surface area contributed by atoms with Crippen LogP contribution in [0.25, 0.3) is 0 Å². The zero-order valence-corrected chi connectivity index (χ0v) is 16.2. The van der Waals surface area contributed by atoms with E-state index in [-0.39, 0.29) is 5.91 Å². The van der Waals surface area contributed by atoms with E-state index in [4.69, 9.17) is 16.6 Å². The highest BCUT2D eigenvalue weighted by Gasteiger charge is 2.24. The van der Waals surface area contributed by atoms with Crippen LogP contribution in [0.3, 0.4) is 0 Å². The lowest BCUT2D eigenvalue weighted by Gasteiger charge is -2.32. The predicted octanol–water partition coefficient (Wildman–Crippen LogP) is 4.59. The van der Waals surface area contributed by atoms with Crippen molar-refractivity contribution in [2.24, 2.45) is 0 Å². The molecular weight excluding hydrogens is 346 g/mol. The summed E-state index contributed by atoms with van der Waals surface area (Å²) in [5.74, 6) is 1.90. The van der Waals surface area contributed by atoms with Gasteiger partial charge in [-0.2, -0.15) is 0 Å². The molecule has 1 fully saturated rings. The van der Waals surface area contributed by atoms with E-state index in [0.29, 0.717) is 18.3 Å². The summed E-state index contributed by atoms with van der Waals surface area (Å²) >= 11 is 6.01. The average molecular weight is 372 g/mol. The zero-order chi connectivity index (χ0) is 18.5. The number of rotatable bonds is 5. The number of hydrogen-bond donors (Lipinski definition) is 0. The van der Waals surface area contributed by atoms with E-state index >= 15 is 0 Å². The van der Waals surface area contributed by atoms with E-state index in [9.17, 15) is 4.79 Å². The van der Waals surface area contributed by atoms with Crippen molar-refractivity contribution in [3.63, 3.8) is 0 Å². The first-order valence-corrected chi connectivity index (χ1v) is 9.76. The molecule has 1 aliphatic rings. The standard InChI is InChI=1S/C21H26ClN3O/c1-15(2)21-23-11-8-19(24-21)17-9-12-25(13-10-17)20(26)7-6-16-4-3-5-18(22)14-16/h3-5,8,11,14-15,17H,6-7,9-10,12-13H2,1-2H3. The summed E-state index contributed by atoms with van der Waals surface area (Å²) in [4.78, 5) is 23.6. The van der Waals surface area contributed by atoms with Gasteiger partial charge in [-0.05, 0) is 43.0 Å². The van der Waals surface area contributed by atoms with Gasteiger partial charge in [-0.15, -0.1) is 0 Å². The van der Waals surface area contributed by atoms with E-state index in [1.807, 2.05) is 41.4 Å². The normalized spacial score (nSPS) is 15.5. The van der Waals surface area contributed by atoms with Crippen LogP contribution in [0.1, 0.15) is 62.0 Å². The van der Waals surface area contributed by atoms with Crippen molar-refractivity contribution in [3.8, 4) is 0 Å². The summed E-state index contributed by atoms with van der Waals surface area (Å²) < 4.78 is 0. The van der Waals surface area contributed by atoms with Crippen LogP contribution in [0.4, 0.5) is 0 Å². The molecule has 138 valence electrons. The molecule has 1 aromatic heterocycles. The Labute approximate surface area is 160 Å². The molecule has 1 aliphatic heterocycles. The number of aryl methyl sites for hydroxylation is 1. The maximum absolute atomic E-state index is 12.5. The molecular formula is C21H26ClN3O. The first-order chi connectivity index (χ1) is 12.5. The van der Waals surface area contributed by atoms with Crippen LogP contribution in [0, 0.1) is 0 Å². The number of halogens is 1. The first-order valence-electron chi connectivity index (χ1n) is 9.38. The van der Waals surface area contributed by atoms with Crippen molar-refractivity contribution >= 4 is 17.5 Å². The molecule has 1 amide bonds. The molecule has 0 saturated carbocycles. The molecule has 1 aromatic carbocycles. The zero-order valence-electron chi connectivity index (χ0n) is 15.5. The quantitative estimate of drug-likeness (QED) is 0.772. The van der Waals surface area contributed by atoms with Gasteiger partial charge in [0.15, 0.2) is 0 Å². The number of likely N-dealkylation sites (tertiary alicyclic amines) is 1. The fraction of sp³-hybridized carbons (Fsp3) is 0.476. The van der Waals surface area contributed by atoms with E-state index in [1.54, 1.807) is 0 Å². The van der Waals surface area contributed by atoms with Crippen molar-refractivity contribution < 1.29 is 4.79 Å². The van der Waals surface area contributed by atoms with Gasteiger partial charge in [0, 0.05) is 48.3 Å². The molecule has 0 radical (unpaired) electrons. The van der Waals surface area contributed by atoms with Crippen LogP contribution in [-0.4, -0.2) is 33.9 Å². The fourth-order valence-corrected chi connectivity index (χ4v) is 3.63. The molecule has 0 spiro atoms. The first kappa shape index (κ1) is 18.8. The number of piperidine rings is 1. The Morgan fingerprint density at radius 1 is 1.27 bits per heavy atom. The minimum absolute atomic E-state index is 0.231. The fourth-order valence-electron chi connectivity index (χ4n) is 3.42. The Morgan fingerprint density at radius 3 is 2.73 bits per heavy atom. The largest absolute Gasteiger partial charge is 0.343 e. The van der Waals surface area contributed by atoms with Crippen molar-refractivity contribution in [2.75, 3.05) is 13.1 Å². The van der Waals surface area contributed by atoms with Crippen molar-refractivity contribution in [3.05, 3.63) is 58.6 Å². The van der Waals surface area contributed by atoms with Crippen molar-refractivity contribution in [2.45, 2.75) is 51.4 Å². The summed E-state index contributed by atoms with van der Waals surface area (Å²) in [7, 11) is 0. The van der Waals surface area contributed by atoms with Crippen molar-refractivity contribution in [1.29, 1.82) is 0 Å². The molecule has 1 saturated heterocycles. The van der Waals surface area contributed by atoms with Crippen LogP contribution in [0.15, 0.2) is 36.5 Å². The lowest BCUT2D eigenvalue weighted by Crippen LogP contribution is -2.38. The maximum atomic E-state index is 12.5. The molecule has 2 heterocycles. The molecule has 0 atom stereocenters. The van der Waals surface area contributed by atoms with Gasteiger partial charge in [-0.3, -0.25) is 4.79 Å². The summed E-state index contributed by atoms with van der Waals surface area (Å²) in [6, 6.07) is 9.76. The number of nitrogens with zero attached hydrogens (tertiary/aromatic N) is 3. The lowest BCUT2D eigenvalue weighted by molar-refractivity contribution is -0.132. The third kappa shape index (κ3) is 4.82. The van der Waals surface area contributed by atoms with E-state index < -0.39 is 0 Å². The Kier molecular flexibility index (Phi) is 6.25. The van der Waals surface area contributed by atoms with Gasteiger partial charge in [0.25, 0.3) is 0 Å². The molecule has 0 N–H and O–H groups in total. The molecule has 3 rings (SSSR count). The van der Waals surface area contributed by atoms with Crippen LogP contribution in [0.2, 0.25) is 5.02 Å². The Morgan fingerprint density at radius 2 is 2.04 bits per heavy atom. The SMILES string of the molecule is CC(C)c1nccc(C2CCN(C(=O)CCc3cccc(Cl)c3)CC2)n1. The van der Waals surface area contributed by atoms with Gasteiger partial charge in [0.2, 0.25) is 5.91 Å². The molecule has 26 heavy (non-hydrogen) atoms. The number of carbonyl (C=O) groups excluding carboxylic acids is 1. The second-order valence-electron chi connectivity index (χ2n) is 7.28. The van der Waals surface area contributed by atoms with Crippen LogP contribution >= 0.6 is 11.6 Å². The Balaban J connectivity index is 1.51. The van der Waals surface area contributed by atoms with Gasteiger partial charge in [0.05, 0.1) is 0 Å². The third-order valence-corrected chi connectivity index (χ3v) is 5.23. The Hall–Kier alpha value is -1.94. The highest BCUT2D eigenvalue weighted by molar-refractivity contribution is 6.30. The Bertz CT molecular complexity index is 754. The van der Waals surface area contributed by atoms with Gasteiger partial charge < -0.3 is 4.90 Å².